The highest BCUT2D eigenvalue weighted by atomic mass is 35.5. The first-order chi connectivity index (χ1) is 14.9. The van der Waals surface area contributed by atoms with Crippen LogP contribution in [0.25, 0.3) is 0 Å². The van der Waals surface area contributed by atoms with Crippen molar-refractivity contribution < 1.29 is 9.53 Å². The number of nitrogens with one attached hydrogen (secondary N) is 1. The monoisotopic (exact) mass is 476 g/mol. The molecule has 0 saturated heterocycles. The lowest BCUT2D eigenvalue weighted by Gasteiger charge is -2.11. The molecule has 0 spiro atoms. The van der Waals surface area contributed by atoms with Crippen LogP contribution in [0.3, 0.4) is 0 Å². The second-order valence-corrected chi connectivity index (χ2v) is 8.55. The fourth-order valence-corrected chi connectivity index (χ4v) is 4.03. The lowest BCUT2D eigenvalue weighted by Crippen LogP contribution is -2.15. The van der Waals surface area contributed by atoms with Crippen LogP contribution in [-0.2, 0) is 17.9 Å². The summed E-state index contributed by atoms with van der Waals surface area (Å²) in [5.41, 5.74) is 2.56. The van der Waals surface area contributed by atoms with Gasteiger partial charge >= 0.3 is 0 Å². The number of allylic oxidation sites excluding steroid dienone is 1. The van der Waals surface area contributed by atoms with Crippen LogP contribution in [0.2, 0.25) is 10.0 Å². The lowest BCUT2D eigenvalue weighted by molar-refractivity contribution is -0.113. The van der Waals surface area contributed by atoms with Crippen molar-refractivity contribution >= 4 is 46.6 Å². The molecule has 1 aromatic heterocycles. The first kappa shape index (κ1) is 23.2. The van der Waals surface area contributed by atoms with E-state index in [4.69, 9.17) is 27.9 Å². The first-order valence-electron chi connectivity index (χ1n) is 9.48. The molecule has 31 heavy (non-hydrogen) atoms. The number of rotatable bonds is 9. The summed E-state index contributed by atoms with van der Waals surface area (Å²) in [7, 11) is 0. The molecule has 1 N–H and O–H groups in total. The van der Waals surface area contributed by atoms with Gasteiger partial charge in [-0.15, -0.1) is 16.8 Å². The minimum Gasteiger partial charge on any atom is -0.485 e. The minimum absolute atomic E-state index is 0.120. The van der Waals surface area contributed by atoms with Gasteiger partial charge in [-0.1, -0.05) is 59.2 Å². The fraction of sp³-hybridized carbons (Fsp3) is 0.227. The molecule has 0 saturated carbocycles. The van der Waals surface area contributed by atoms with Crippen LogP contribution in [0.15, 0.2) is 54.2 Å². The highest BCUT2D eigenvalue weighted by Gasteiger charge is 2.16. The molecule has 3 aromatic rings. The molecule has 0 fully saturated rings. The Hall–Kier alpha value is -2.48. The Morgan fingerprint density at radius 2 is 1.97 bits per heavy atom. The Bertz CT molecular complexity index is 1080. The number of aryl methyl sites for hydroxylation is 2. The van der Waals surface area contributed by atoms with E-state index >= 15 is 0 Å². The van der Waals surface area contributed by atoms with Gasteiger partial charge in [0.25, 0.3) is 0 Å². The smallest absolute Gasteiger partial charge is 0.234 e. The Morgan fingerprint density at radius 3 is 2.68 bits per heavy atom. The maximum Gasteiger partial charge on any atom is 0.234 e. The van der Waals surface area contributed by atoms with Gasteiger partial charge < -0.3 is 10.1 Å². The van der Waals surface area contributed by atoms with Crippen molar-refractivity contribution in [2.24, 2.45) is 0 Å². The van der Waals surface area contributed by atoms with Crippen molar-refractivity contribution in [2.75, 3.05) is 11.1 Å². The molecule has 6 nitrogen and oxygen atoms in total. The van der Waals surface area contributed by atoms with Gasteiger partial charge in [-0.05, 0) is 43.2 Å². The van der Waals surface area contributed by atoms with Gasteiger partial charge in [0.2, 0.25) is 5.91 Å². The van der Waals surface area contributed by atoms with Crippen molar-refractivity contribution in [3.05, 3.63) is 76.0 Å². The molecule has 0 bridgehead atoms. The largest absolute Gasteiger partial charge is 0.485 e. The fourth-order valence-electron chi connectivity index (χ4n) is 2.77. The van der Waals surface area contributed by atoms with Gasteiger partial charge in [-0.25, -0.2) is 0 Å². The number of hydrogen-bond acceptors (Lipinski definition) is 5. The van der Waals surface area contributed by atoms with Crippen molar-refractivity contribution in [2.45, 2.75) is 32.2 Å². The Labute approximate surface area is 195 Å². The topological polar surface area (TPSA) is 69.0 Å². The zero-order chi connectivity index (χ0) is 22.4. The zero-order valence-corrected chi connectivity index (χ0v) is 19.5. The number of benzene rings is 2. The third-order valence-corrected chi connectivity index (χ3v) is 5.96. The van der Waals surface area contributed by atoms with Crippen LogP contribution in [0.4, 0.5) is 5.69 Å². The zero-order valence-electron chi connectivity index (χ0n) is 17.2. The third-order valence-electron chi connectivity index (χ3n) is 4.37. The van der Waals surface area contributed by atoms with Crippen LogP contribution in [0, 0.1) is 13.8 Å². The number of carbonyl (C=O) groups is 1. The molecule has 0 aliphatic rings. The highest BCUT2D eigenvalue weighted by Crippen LogP contribution is 2.30. The summed E-state index contributed by atoms with van der Waals surface area (Å²) >= 11 is 13.5. The molecule has 1 heterocycles. The number of aromatic nitrogens is 3. The van der Waals surface area contributed by atoms with E-state index in [9.17, 15) is 4.79 Å². The van der Waals surface area contributed by atoms with Gasteiger partial charge in [0, 0.05) is 6.54 Å². The average Bonchev–Trinajstić information content (AvgIpc) is 3.12. The van der Waals surface area contributed by atoms with E-state index in [0.717, 1.165) is 16.9 Å². The Balaban J connectivity index is 1.66. The van der Waals surface area contributed by atoms with E-state index < -0.39 is 0 Å². The highest BCUT2D eigenvalue weighted by molar-refractivity contribution is 7.99. The first-order valence-corrected chi connectivity index (χ1v) is 11.2. The number of anilines is 1. The number of amides is 1. The SMILES string of the molecule is C=CCn1c(COc2cc(C)ccc2C)nnc1SCC(=O)Nc1c(Cl)cccc1Cl. The quantitative estimate of drug-likeness (QED) is 0.316. The number of halogens is 2. The van der Waals surface area contributed by atoms with Gasteiger partial charge in [0.15, 0.2) is 11.0 Å². The Kier molecular flexibility index (Phi) is 8.01. The van der Waals surface area contributed by atoms with Crippen LogP contribution in [0.1, 0.15) is 17.0 Å². The number of ether oxygens (including phenoxy) is 1. The molecule has 2 aromatic carbocycles. The normalized spacial score (nSPS) is 10.7. The maximum atomic E-state index is 12.4. The summed E-state index contributed by atoms with van der Waals surface area (Å²) in [5.74, 6) is 1.33. The maximum absolute atomic E-state index is 12.4. The molecule has 0 atom stereocenters. The van der Waals surface area contributed by atoms with Gasteiger partial charge in [0.1, 0.15) is 12.4 Å². The summed E-state index contributed by atoms with van der Waals surface area (Å²) < 4.78 is 7.83. The molecule has 1 amide bonds. The average molecular weight is 477 g/mol. The van der Waals surface area contributed by atoms with Crippen molar-refractivity contribution in [3.8, 4) is 5.75 Å². The molecular formula is C22H22Cl2N4O2S. The van der Waals surface area contributed by atoms with Crippen LogP contribution < -0.4 is 10.1 Å². The van der Waals surface area contributed by atoms with E-state index in [0.29, 0.717) is 33.3 Å². The lowest BCUT2D eigenvalue weighted by atomic mass is 10.1. The van der Waals surface area contributed by atoms with E-state index in [1.807, 2.05) is 36.6 Å². The molecule has 162 valence electrons. The number of nitrogens with zero attached hydrogens (tertiary/aromatic N) is 3. The van der Waals surface area contributed by atoms with Gasteiger partial charge in [-0.3, -0.25) is 9.36 Å². The molecule has 0 unspecified atom stereocenters. The van der Waals surface area contributed by atoms with E-state index in [2.05, 4.69) is 22.1 Å². The van der Waals surface area contributed by atoms with Crippen molar-refractivity contribution in [1.29, 1.82) is 0 Å². The molecule has 0 aliphatic heterocycles. The second-order valence-electron chi connectivity index (χ2n) is 6.79. The molecule has 0 radical (unpaired) electrons. The number of para-hydroxylation sites is 1. The van der Waals surface area contributed by atoms with Crippen LogP contribution in [-0.4, -0.2) is 26.4 Å². The predicted octanol–water partition coefficient (Wildman–Crippen LogP) is 5.70. The summed E-state index contributed by atoms with van der Waals surface area (Å²) in [6, 6.07) is 11.1. The van der Waals surface area contributed by atoms with E-state index in [1.165, 1.54) is 11.8 Å². The van der Waals surface area contributed by atoms with Crippen LogP contribution >= 0.6 is 35.0 Å². The van der Waals surface area contributed by atoms with E-state index in [1.54, 1.807) is 24.3 Å². The predicted molar refractivity (Wildman–Crippen MR) is 126 cm³/mol. The molecule has 9 heteroatoms. The molecule has 0 aliphatic carbocycles. The van der Waals surface area contributed by atoms with Gasteiger partial charge in [-0.2, -0.15) is 0 Å². The van der Waals surface area contributed by atoms with Crippen LogP contribution in [0.5, 0.6) is 5.75 Å². The second kappa shape index (κ2) is 10.7. The van der Waals surface area contributed by atoms with Crippen molar-refractivity contribution in [1.82, 2.24) is 14.8 Å². The minimum atomic E-state index is -0.249. The number of hydrogen-bond donors (Lipinski definition) is 1. The summed E-state index contributed by atoms with van der Waals surface area (Å²) in [6.07, 6.45) is 1.75. The standard InChI is InChI=1S/C22H22Cl2N4O2S/c1-4-10-28-19(12-30-18-11-14(2)8-9-15(18)3)26-27-22(28)31-13-20(29)25-21-16(23)6-5-7-17(21)24/h4-9,11H,1,10,12-13H2,2-3H3,(H,25,29). The van der Waals surface area contributed by atoms with E-state index in [-0.39, 0.29) is 18.3 Å². The number of thioether (sulfide) groups is 1. The van der Waals surface area contributed by atoms with Crippen molar-refractivity contribution in [3.63, 3.8) is 0 Å². The molecular weight excluding hydrogens is 455 g/mol. The molecule has 3 rings (SSSR count). The summed E-state index contributed by atoms with van der Waals surface area (Å²) in [5, 5.41) is 12.6. The summed E-state index contributed by atoms with van der Waals surface area (Å²) in [6.45, 7) is 8.56. The van der Waals surface area contributed by atoms with Gasteiger partial charge in [0.05, 0.1) is 21.5 Å². The summed E-state index contributed by atoms with van der Waals surface area (Å²) in [4.78, 5) is 12.4. The Morgan fingerprint density at radius 1 is 1.23 bits per heavy atom. The number of carbonyl (C=O) groups excluding carboxylic acids is 1. The third kappa shape index (κ3) is 6.03.